The molecule has 17 heavy (non-hydrogen) atoms. The first-order valence-corrected chi connectivity index (χ1v) is 5.98. The molecule has 5 heteroatoms. The first-order valence-electron chi connectivity index (χ1n) is 5.16. The second-order valence-electron chi connectivity index (χ2n) is 3.62. The number of para-hydroxylation sites is 1. The Morgan fingerprint density at radius 2 is 1.94 bits per heavy atom. The number of nitrogens with two attached hydrogens (primary N) is 1. The minimum absolute atomic E-state index is 0.436. The van der Waals surface area contributed by atoms with Crippen LogP contribution in [0.2, 0.25) is 0 Å². The molecule has 2 aromatic heterocycles. The van der Waals surface area contributed by atoms with E-state index in [1.165, 1.54) is 17.1 Å². The Bertz CT molecular complexity index is 612. The zero-order valence-electron chi connectivity index (χ0n) is 8.92. The molecule has 0 saturated heterocycles. The number of anilines is 1. The summed E-state index contributed by atoms with van der Waals surface area (Å²) in [6, 6.07) is 13.9. The third kappa shape index (κ3) is 2.09. The molecule has 0 radical (unpaired) electrons. The Balaban J connectivity index is 1.92. The second-order valence-corrected chi connectivity index (χ2v) is 4.68. The van der Waals surface area contributed by atoms with Crippen molar-refractivity contribution in [1.82, 2.24) is 15.2 Å². The van der Waals surface area contributed by atoms with E-state index in [-0.39, 0.29) is 0 Å². The van der Waals surface area contributed by atoms with Gasteiger partial charge in [-0.3, -0.25) is 0 Å². The van der Waals surface area contributed by atoms with Crippen LogP contribution in [0, 0.1) is 0 Å². The second kappa shape index (κ2) is 4.10. The highest BCUT2D eigenvalue weighted by atomic mass is 32.2. The monoisotopic (exact) mass is 242 g/mol. The van der Waals surface area contributed by atoms with Crippen molar-refractivity contribution in [3.63, 3.8) is 0 Å². The van der Waals surface area contributed by atoms with Crippen molar-refractivity contribution >= 4 is 28.5 Å². The minimum atomic E-state index is 0.436. The van der Waals surface area contributed by atoms with Gasteiger partial charge in [-0.05, 0) is 24.3 Å². The Hall–Kier alpha value is -2.01. The normalized spacial score (nSPS) is 10.8. The molecule has 0 unspecified atom stereocenters. The molecule has 0 aliphatic rings. The predicted octanol–water partition coefficient (Wildman–Crippen LogP) is 2.69. The summed E-state index contributed by atoms with van der Waals surface area (Å²) in [4.78, 5) is 3.32. The molecule has 0 aliphatic carbocycles. The van der Waals surface area contributed by atoms with E-state index >= 15 is 0 Å². The third-order valence-electron chi connectivity index (χ3n) is 2.38. The van der Waals surface area contributed by atoms with Crippen molar-refractivity contribution < 1.29 is 0 Å². The first kappa shape index (κ1) is 10.2. The molecule has 0 saturated carbocycles. The highest BCUT2D eigenvalue weighted by molar-refractivity contribution is 7.99. The van der Waals surface area contributed by atoms with Crippen molar-refractivity contribution in [2.24, 2.45) is 0 Å². The molecule has 0 fully saturated rings. The Morgan fingerprint density at radius 1 is 1.06 bits per heavy atom. The minimum Gasteiger partial charge on any atom is -0.382 e. The summed E-state index contributed by atoms with van der Waals surface area (Å²) in [5.74, 6) is 0.436. The highest BCUT2D eigenvalue weighted by Crippen LogP contribution is 2.28. The van der Waals surface area contributed by atoms with Crippen LogP contribution >= 0.6 is 11.8 Å². The Labute approximate surface area is 102 Å². The van der Waals surface area contributed by atoms with Crippen LogP contribution in [0.1, 0.15) is 0 Å². The van der Waals surface area contributed by atoms with Gasteiger partial charge in [-0.15, -0.1) is 10.2 Å². The third-order valence-corrected chi connectivity index (χ3v) is 3.25. The predicted molar refractivity (Wildman–Crippen MR) is 68.9 cm³/mol. The van der Waals surface area contributed by atoms with Gasteiger partial charge in [-0.25, -0.2) is 0 Å². The van der Waals surface area contributed by atoms with Gasteiger partial charge in [0.2, 0.25) is 0 Å². The molecule has 84 valence electrons. The van der Waals surface area contributed by atoms with Crippen LogP contribution in [0.3, 0.4) is 0 Å². The highest BCUT2D eigenvalue weighted by Gasteiger charge is 2.03. The molecule has 0 bridgehead atoms. The summed E-state index contributed by atoms with van der Waals surface area (Å²) < 4.78 is 0. The smallest absolute Gasteiger partial charge is 0.146 e. The van der Waals surface area contributed by atoms with E-state index in [2.05, 4.69) is 27.3 Å². The summed E-state index contributed by atoms with van der Waals surface area (Å²) in [6.07, 6.45) is 0. The Kier molecular flexibility index (Phi) is 2.45. The molecule has 4 nitrogen and oxygen atoms in total. The summed E-state index contributed by atoms with van der Waals surface area (Å²) in [5.41, 5.74) is 6.61. The first-order chi connectivity index (χ1) is 8.31. The number of hydrogen-bond donors (Lipinski definition) is 2. The van der Waals surface area contributed by atoms with Gasteiger partial charge < -0.3 is 10.7 Å². The topological polar surface area (TPSA) is 67.6 Å². The lowest BCUT2D eigenvalue weighted by molar-refractivity contribution is 0.937. The average molecular weight is 242 g/mol. The summed E-state index contributed by atoms with van der Waals surface area (Å²) in [6.45, 7) is 0. The lowest BCUT2D eigenvalue weighted by atomic mass is 10.3. The number of nitrogens with zero attached hydrogens (tertiary/aromatic N) is 2. The number of nitrogens with one attached hydrogen (secondary N) is 1. The van der Waals surface area contributed by atoms with Gasteiger partial charge in [0, 0.05) is 10.9 Å². The molecule has 0 atom stereocenters. The molecule has 0 aliphatic heterocycles. The summed E-state index contributed by atoms with van der Waals surface area (Å²) in [7, 11) is 0. The van der Waals surface area contributed by atoms with Crippen molar-refractivity contribution in [2.75, 3.05) is 5.73 Å². The fourth-order valence-corrected chi connectivity index (χ4v) is 2.39. The molecule has 1 aromatic carbocycles. The quantitative estimate of drug-likeness (QED) is 0.725. The van der Waals surface area contributed by atoms with Crippen LogP contribution in [-0.2, 0) is 0 Å². The van der Waals surface area contributed by atoms with Crippen LogP contribution in [0.15, 0.2) is 52.5 Å². The molecule has 3 rings (SSSR count). The van der Waals surface area contributed by atoms with Gasteiger partial charge in [0.15, 0.2) is 0 Å². The molecule has 0 spiro atoms. The molecule has 3 N–H and O–H groups in total. The number of aromatic amines is 1. The van der Waals surface area contributed by atoms with Gasteiger partial charge in [0.05, 0.1) is 5.03 Å². The van der Waals surface area contributed by atoms with Crippen LogP contribution in [0.4, 0.5) is 5.82 Å². The molecular weight excluding hydrogens is 232 g/mol. The van der Waals surface area contributed by atoms with Crippen molar-refractivity contribution in [2.45, 2.75) is 10.1 Å². The van der Waals surface area contributed by atoms with Crippen molar-refractivity contribution in [1.29, 1.82) is 0 Å². The number of nitrogen functional groups attached to an aromatic ring is 1. The number of rotatable bonds is 2. The van der Waals surface area contributed by atoms with Crippen LogP contribution in [-0.4, -0.2) is 15.2 Å². The zero-order chi connectivity index (χ0) is 11.7. The maximum Gasteiger partial charge on any atom is 0.146 e. The van der Waals surface area contributed by atoms with Gasteiger partial charge in [-0.2, -0.15) is 0 Å². The van der Waals surface area contributed by atoms with E-state index in [0.717, 1.165) is 15.6 Å². The van der Waals surface area contributed by atoms with Gasteiger partial charge in [0.1, 0.15) is 10.8 Å². The van der Waals surface area contributed by atoms with Crippen LogP contribution in [0.25, 0.3) is 10.9 Å². The number of benzene rings is 1. The van der Waals surface area contributed by atoms with E-state index < -0.39 is 0 Å². The summed E-state index contributed by atoms with van der Waals surface area (Å²) >= 11 is 1.54. The Morgan fingerprint density at radius 3 is 2.71 bits per heavy atom. The molecule has 0 amide bonds. The standard InChI is InChI=1S/C12H10N4S/c13-10-5-6-11(16-15-10)17-12-7-8-3-1-2-4-9(8)14-12/h1-7,14H,(H2,13,15). The zero-order valence-corrected chi connectivity index (χ0v) is 9.74. The van der Waals surface area contributed by atoms with Gasteiger partial charge in [-0.1, -0.05) is 30.0 Å². The summed E-state index contributed by atoms with van der Waals surface area (Å²) in [5, 5.41) is 10.9. The average Bonchev–Trinajstić information content (AvgIpc) is 2.74. The number of aromatic nitrogens is 3. The lowest BCUT2D eigenvalue weighted by Crippen LogP contribution is -1.92. The molecule has 2 heterocycles. The number of hydrogen-bond acceptors (Lipinski definition) is 4. The largest absolute Gasteiger partial charge is 0.382 e. The van der Waals surface area contributed by atoms with Crippen molar-refractivity contribution in [3.05, 3.63) is 42.5 Å². The maximum atomic E-state index is 5.49. The molecule has 3 aromatic rings. The maximum absolute atomic E-state index is 5.49. The van der Waals surface area contributed by atoms with E-state index in [1.807, 2.05) is 24.3 Å². The van der Waals surface area contributed by atoms with Crippen LogP contribution < -0.4 is 5.73 Å². The lowest BCUT2D eigenvalue weighted by Gasteiger charge is -1.96. The fraction of sp³-hybridized carbons (Fsp3) is 0. The number of H-pyrrole nitrogens is 1. The van der Waals surface area contributed by atoms with Gasteiger partial charge in [0.25, 0.3) is 0 Å². The van der Waals surface area contributed by atoms with E-state index in [0.29, 0.717) is 5.82 Å². The van der Waals surface area contributed by atoms with Crippen LogP contribution in [0.5, 0.6) is 0 Å². The van der Waals surface area contributed by atoms with E-state index in [4.69, 9.17) is 5.73 Å². The molecular formula is C12H10N4S. The van der Waals surface area contributed by atoms with Gasteiger partial charge >= 0.3 is 0 Å². The number of fused-ring (bicyclic) bond motifs is 1. The SMILES string of the molecule is Nc1ccc(Sc2cc3ccccc3[nH]2)nn1. The fourth-order valence-electron chi connectivity index (χ4n) is 1.60. The van der Waals surface area contributed by atoms with E-state index in [1.54, 1.807) is 6.07 Å². The van der Waals surface area contributed by atoms with Crippen molar-refractivity contribution in [3.8, 4) is 0 Å². The van der Waals surface area contributed by atoms with E-state index in [9.17, 15) is 0 Å².